The number of amides is 2. The zero-order valence-electron chi connectivity index (χ0n) is 13.0. The van der Waals surface area contributed by atoms with E-state index in [0.29, 0.717) is 17.9 Å². The quantitative estimate of drug-likeness (QED) is 0.500. The van der Waals surface area contributed by atoms with Crippen molar-refractivity contribution in [3.8, 4) is 11.5 Å². The summed E-state index contributed by atoms with van der Waals surface area (Å²) in [5.74, 6) is -0.305. The van der Waals surface area contributed by atoms with E-state index < -0.39 is 11.8 Å². The molecule has 2 amide bonds. The molecule has 0 aliphatic carbocycles. The van der Waals surface area contributed by atoms with Crippen LogP contribution in [-0.2, 0) is 9.59 Å². The number of ether oxygens (including phenoxy) is 2. The van der Waals surface area contributed by atoms with Crippen LogP contribution in [0.1, 0.15) is 24.9 Å². The summed E-state index contributed by atoms with van der Waals surface area (Å²) < 4.78 is 10.4. The number of hydrogen-bond donors (Lipinski definition) is 3. The van der Waals surface area contributed by atoms with Gasteiger partial charge in [0.15, 0.2) is 11.5 Å². The van der Waals surface area contributed by atoms with Crippen molar-refractivity contribution in [2.24, 2.45) is 0 Å². The SMILES string of the molecule is COc1ccc(C(C)NC(=O)C(=O)NCCCO)cc1OC. The van der Waals surface area contributed by atoms with E-state index in [0.717, 1.165) is 5.56 Å². The molecule has 22 heavy (non-hydrogen) atoms. The Balaban J connectivity index is 2.66. The van der Waals surface area contributed by atoms with Crippen LogP contribution in [0.3, 0.4) is 0 Å². The van der Waals surface area contributed by atoms with Gasteiger partial charge >= 0.3 is 11.8 Å². The van der Waals surface area contributed by atoms with Crippen molar-refractivity contribution in [3.05, 3.63) is 23.8 Å². The van der Waals surface area contributed by atoms with Crippen LogP contribution in [0, 0.1) is 0 Å². The van der Waals surface area contributed by atoms with Gasteiger partial charge in [0.1, 0.15) is 0 Å². The van der Waals surface area contributed by atoms with Crippen molar-refractivity contribution in [1.29, 1.82) is 0 Å². The minimum atomic E-state index is -0.722. The van der Waals surface area contributed by atoms with Gasteiger partial charge in [-0.25, -0.2) is 0 Å². The zero-order valence-corrected chi connectivity index (χ0v) is 13.0. The molecule has 0 saturated carbocycles. The smallest absolute Gasteiger partial charge is 0.309 e. The summed E-state index contributed by atoms with van der Waals surface area (Å²) in [4.78, 5) is 23.3. The highest BCUT2D eigenvalue weighted by Gasteiger charge is 2.17. The molecule has 0 saturated heterocycles. The molecule has 1 aromatic carbocycles. The lowest BCUT2D eigenvalue weighted by Gasteiger charge is -2.16. The number of carbonyl (C=O) groups excluding carboxylic acids is 2. The Labute approximate surface area is 129 Å². The maximum atomic E-state index is 11.8. The number of benzene rings is 1. The van der Waals surface area contributed by atoms with Gasteiger partial charge < -0.3 is 25.2 Å². The molecule has 0 radical (unpaired) electrons. The summed E-state index contributed by atoms with van der Waals surface area (Å²) in [5.41, 5.74) is 0.786. The van der Waals surface area contributed by atoms with Crippen molar-refractivity contribution in [1.82, 2.24) is 10.6 Å². The highest BCUT2D eigenvalue weighted by molar-refractivity contribution is 6.35. The number of nitrogens with one attached hydrogen (secondary N) is 2. The van der Waals surface area contributed by atoms with E-state index in [2.05, 4.69) is 10.6 Å². The molecular weight excluding hydrogens is 288 g/mol. The first-order valence-electron chi connectivity index (χ1n) is 6.95. The van der Waals surface area contributed by atoms with E-state index >= 15 is 0 Å². The molecule has 122 valence electrons. The molecule has 0 aromatic heterocycles. The maximum Gasteiger partial charge on any atom is 0.309 e. The van der Waals surface area contributed by atoms with Crippen LogP contribution in [-0.4, -0.2) is 44.3 Å². The molecule has 3 N–H and O–H groups in total. The molecule has 0 spiro atoms. The number of aliphatic hydroxyl groups excluding tert-OH is 1. The Morgan fingerprint density at radius 2 is 1.86 bits per heavy atom. The first kappa shape index (κ1) is 17.8. The van der Waals surface area contributed by atoms with Crippen LogP contribution in [0.4, 0.5) is 0 Å². The highest BCUT2D eigenvalue weighted by Crippen LogP contribution is 2.29. The fraction of sp³-hybridized carbons (Fsp3) is 0.467. The largest absolute Gasteiger partial charge is 0.493 e. The van der Waals surface area contributed by atoms with E-state index in [4.69, 9.17) is 14.6 Å². The molecular formula is C15H22N2O5. The molecule has 0 heterocycles. The lowest BCUT2D eigenvalue weighted by molar-refractivity contribution is -0.139. The second kappa shape index (κ2) is 8.89. The van der Waals surface area contributed by atoms with Crippen LogP contribution in [0.25, 0.3) is 0 Å². The maximum absolute atomic E-state index is 11.8. The van der Waals surface area contributed by atoms with Crippen molar-refractivity contribution in [3.63, 3.8) is 0 Å². The first-order chi connectivity index (χ1) is 10.5. The van der Waals surface area contributed by atoms with E-state index in [1.807, 2.05) is 0 Å². The van der Waals surface area contributed by atoms with E-state index in [1.54, 1.807) is 32.2 Å². The Kier molecular flexibility index (Phi) is 7.18. The standard InChI is InChI=1S/C15H22N2O5/c1-10(17-15(20)14(19)16-7-4-8-18)11-5-6-12(21-2)13(9-11)22-3/h5-6,9-10,18H,4,7-8H2,1-3H3,(H,16,19)(H,17,20). The average Bonchev–Trinajstić information content (AvgIpc) is 2.53. The van der Waals surface area contributed by atoms with Crippen molar-refractivity contribution < 1.29 is 24.2 Å². The number of methoxy groups -OCH3 is 2. The lowest BCUT2D eigenvalue weighted by Crippen LogP contribution is -2.41. The van der Waals surface area contributed by atoms with Gasteiger partial charge in [0.25, 0.3) is 0 Å². The van der Waals surface area contributed by atoms with Gasteiger partial charge in [-0.2, -0.15) is 0 Å². The summed E-state index contributed by atoms with van der Waals surface area (Å²) in [7, 11) is 3.07. The third-order valence-corrected chi connectivity index (χ3v) is 3.08. The number of hydrogen-bond acceptors (Lipinski definition) is 5. The Morgan fingerprint density at radius 3 is 2.45 bits per heavy atom. The average molecular weight is 310 g/mol. The highest BCUT2D eigenvalue weighted by atomic mass is 16.5. The van der Waals surface area contributed by atoms with Crippen LogP contribution in [0.5, 0.6) is 11.5 Å². The number of carbonyl (C=O) groups is 2. The normalized spacial score (nSPS) is 11.5. The lowest BCUT2D eigenvalue weighted by atomic mass is 10.1. The van der Waals surface area contributed by atoms with Crippen molar-refractivity contribution in [2.75, 3.05) is 27.4 Å². The third kappa shape index (κ3) is 4.92. The van der Waals surface area contributed by atoms with Gasteiger partial charge in [-0.15, -0.1) is 0 Å². The van der Waals surface area contributed by atoms with E-state index in [1.165, 1.54) is 7.11 Å². The molecule has 1 unspecified atom stereocenters. The Morgan fingerprint density at radius 1 is 1.18 bits per heavy atom. The predicted molar refractivity (Wildman–Crippen MR) is 80.8 cm³/mol. The summed E-state index contributed by atoms with van der Waals surface area (Å²) in [6.45, 7) is 1.98. The van der Waals surface area contributed by atoms with Crippen LogP contribution in [0.15, 0.2) is 18.2 Å². The van der Waals surface area contributed by atoms with Gasteiger partial charge in [-0.3, -0.25) is 9.59 Å². The molecule has 1 rings (SSSR count). The summed E-state index contributed by atoms with van der Waals surface area (Å²) in [6.07, 6.45) is 0.407. The van der Waals surface area contributed by atoms with Crippen LogP contribution in [0.2, 0.25) is 0 Å². The number of rotatable bonds is 7. The summed E-state index contributed by atoms with van der Waals surface area (Å²) >= 11 is 0. The topological polar surface area (TPSA) is 96.9 Å². The van der Waals surface area contributed by atoms with Crippen LogP contribution >= 0.6 is 0 Å². The summed E-state index contributed by atoms with van der Waals surface area (Å²) in [5, 5.41) is 13.7. The molecule has 7 heteroatoms. The minimum absolute atomic E-state index is 0.0378. The predicted octanol–water partition coefficient (Wildman–Crippen LogP) is 0.380. The van der Waals surface area contributed by atoms with Gasteiger partial charge in [-0.05, 0) is 31.0 Å². The van der Waals surface area contributed by atoms with E-state index in [9.17, 15) is 9.59 Å². The molecule has 1 aromatic rings. The molecule has 7 nitrogen and oxygen atoms in total. The molecule has 0 bridgehead atoms. The monoisotopic (exact) mass is 310 g/mol. The molecule has 0 aliphatic rings. The zero-order chi connectivity index (χ0) is 16.5. The van der Waals surface area contributed by atoms with Gasteiger partial charge in [-0.1, -0.05) is 6.07 Å². The molecule has 1 atom stereocenters. The molecule has 0 fully saturated rings. The second-order valence-corrected chi connectivity index (χ2v) is 4.64. The third-order valence-electron chi connectivity index (χ3n) is 3.08. The summed E-state index contributed by atoms with van der Waals surface area (Å²) in [6, 6.07) is 4.90. The van der Waals surface area contributed by atoms with Gasteiger partial charge in [0.05, 0.1) is 20.3 Å². The molecule has 0 aliphatic heterocycles. The van der Waals surface area contributed by atoms with Gasteiger partial charge in [0, 0.05) is 13.2 Å². The first-order valence-corrected chi connectivity index (χ1v) is 6.95. The number of aliphatic hydroxyl groups is 1. The van der Waals surface area contributed by atoms with Gasteiger partial charge in [0.2, 0.25) is 0 Å². The second-order valence-electron chi connectivity index (χ2n) is 4.64. The Hall–Kier alpha value is -2.28. The fourth-order valence-corrected chi connectivity index (χ4v) is 1.83. The van der Waals surface area contributed by atoms with Crippen molar-refractivity contribution >= 4 is 11.8 Å². The Bertz CT molecular complexity index is 519. The van der Waals surface area contributed by atoms with E-state index in [-0.39, 0.29) is 19.2 Å². The van der Waals surface area contributed by atoms with Crippen LogP contribution < -0.4 is 20.1 Å². The van der Waals surface area contributed by atoms with Crippen molar-refractivity contribution in [2.45, 2.75) is 19.4 Å². The fourth-order valence-electron chi connectivity index (χ4n) is 1.83. The minimum Gasteiger partial charge on any atom is -0.493 e.